The molecule has 4 heterocycles. The number of carbonyl (C=O) groups is 1. The number of carboxylic acid groups (broad SMARTS) is 1. The van der Waals surface area contributed by atoms with Crippen molar-refractivity contribution in [2.75, 3.05) is 39.4 Å². The predicted molar refractivity (Wildman–Crippen MR) is 87.6 cm³/mol. The number of hydrogen-bond donors (Lipinski definition) is 2. The molecule has 3 fully saturated rings. The number of ether oxygens (including phenoxy) is 1. The van der Waals surface area contributed by atoms with Gasteiger partial charge in [0.2, 0.25) is 0 Å². The first-order chi connectivity index (χ1) is 11.6. The van der Waals surface area contributed by atoms with E-state index in [-0.39, 0.29) is 5.92 Å². The van der Waals surface area contributed by atoms with Crippen LogP contribution in [0.2, 0.25) is 0 Å². The monoisotopic (exact) mass is 334 g/mol. The summed E-state index contributed by atoms with van der Waals surface area (Å²) >= 11 is 0. The van der Waals surface area contributed by atoms with Gasteiger partial charge >= 0.3 is 5.97 Å². The summed E-state index contributed by atoms with van der Waals surface area (Å²) in [5, 5.41) is 9.98. The first-order valence-corrected chi connectivity index (χ1v) is 8.85. The summed E-state index contributed by atoms with van der Waals surface area (Å²) in [6, 6.07) is 0.490. The van der Waals surface area contributed by atoms with Gasteiger partial charge in [0.05, 0.1) is 5.41 Å². The number of nitrogens with one attached hydrogen (secondary N) is 1. The maximum atomic E-state index is 12.1. The Kier molecular flexibility index (Phi) is 4.10. The minimum atomic E-state index is -0.634. The highest BCUT2D eigenvalue weighted by molar-refractivity contribution is 5.77. The molecule has 2 atom stereocenters. The number of likely N-dealkylation sites (tertiary alicyclic amines) is 2. The van der Waals surface area contributed by atoms with Gasteiger partial charge in [-0.3, -0.25) is 14.6 Å². The number of aromatic nitrogens is 2. The van der Waals surface area contributed by atoms with Crippen LogP contribution in [0.5, 0.6) is 0 Å². The molecule has 0 amide bonds. The fraction of sp³-hybridized carbons (Fsp3) is 0.765. The van der Waals surface area contributed by atoms with E-state index >= 15 is 0 Å². The van der Waals surface area contributed by atoms with Crippen molar-refractivity contribution in [3.8, 4) is 0 Å². The number of nitrogens with zero attached hydrogens (tertiary/aromatic N) is 3. The average molecular weight is 334 g/mol. The highest BCUT2D eigenvalue weighted by atomic mass is 16.5. The van der Waals surface area contributed by atoms with Crippen molar-refractivity contribution >= 4 is 5.97 Å². The second kappa shape index (κ2) is 6.13. The molecule has 24 heavy (non-hydrogen) atoms. The molecule has 2 N–H and O–H groups in total. The van der Waals surface area contributed by atoms with E-state index in [0.717, 1.165) is 57.2 Å². The normalized spacial score (nSPS) is 32.3. The van der Waals surface area contributed by atoms with E-state index in [2.05, 4.69) is 19.8 Å². The summed E-state index contributed by atoms with van der Waals surface area (Å²) in [6.07, 6.45) is 3.91. The minimum absolute atomic E-state index is 0.210. The van der Waals surface area contributed by atoms with Crippen LogP contribution in [-0.2, 0) is 16.1 Å². The second-order valence-electron chi connectivity index (χ2n) is 7.59. The lowest BCUT2D eigenvalue weighted by atomic mass is 9.81. The molecule has 132 valence electrons. The lowest BCUT2D eigenvalue weighted by molar-refractivity contribution is -0.149. The number of H-pyrrole nitrogens is 1. The summed E-state index contributed by atoms with van der Waals surface area (Å²) in [5.74, 6) is 0.482. The zero-order chi connectivity index (χ0) is 16.7. The standard InChI is InChI=1S/C17H26N4O3/c1-12-18-6-14(19-12)9-20-7-13-8-21(15-2-4-24-5-3-15)11-17(13,10-20)16(22)23/h6,13,15H,2-5,7-11H2,1H3,(H,18,19)(H,22,23)/t13-,17-/m0/s1. The number of aryl methyl sites for hydroxylation is 1. The predicted octanol–water partition coefficient (Wildman–Crippen LogP) is 0.716. The third-order valence-corrected chi connectivity index (χ3v) is 5.99. The summed E-state index contributed by atoms with van der Waals surface area (Å²) in [7, 11) is 0. The third-order valence-electron chi connectivity index (χ3n) is 5.99. The number of fused-ring (bicyclic) bond motifs is 1. The smallest absolute Gasteiger partial charge is 0.312 e. The SMILES string of the molecule is Cc1ncc(CN2C[C@H]3CN(C4CCOCC4)C[C@@]3(C(=O)O)C2)[nH]1. The molecule has 7 heteroatoms. The first-order valence-electron chi connectivity index (χ1n) is 8.85. The van der Waals surface area contributed by atoms with Crippen molar-refractivity contribution < 1.29 is 14.6 Å². The highest BCUT2D eigenvalue weighted by Crippen LogP contribution is 2.44. The van der Waals surface area contributed by atoms with Crippen molar-refractivity contribution in [1.82, 2.24) is 19.8 Å². The zero-order valence-electron chi connectivity index (χ0n) is 14.2. The van der Waals surface area contributed by atoms with Crippen LogP contribution in [0, 0.1) is 18.3 Å². The molecular weight excluding hydrogens is 308 g/mol. The molecule has 0 spiro atoms. The lowest BCUT2D eigenvalue weighted by Gasteiger charge is -2.33. The van der Waals surface area contributed by atoms with Crippen LogP contribution < -0.4 is 0 Å². The van der Waals surface area contributed by atoms with Crippen LogP contribution in [0.25, 0.3) is 0 Å². The summed E-state index contributed by atoms with van der Waals surface area (Å²) < 4.78 is 5.45. The Balaban J connectivity index is 1.45. The van der Waals surface area contributed by atoms with Gasteiger partial charge in [0.1, 0.15) is 5.82 Å². The molecule has 0 unspecified atom stereocenters. The molecule has 3 saturated heterocycles. The van der Waals surface area contributed by atoms with E-state index in [0.29, 0.717) is 19.1 Å². The van der Waals surface area contributed by atoms with Crippen molar-refractivity contribution in [3.63, 3.8) is 0 Å². The molecule has 3 aliphatic rings. The van der Waals surface area contributed by atoms with Crippen LogP contribution >= 0.6 is 0 Å². The summed E-state index contributed by atoms with van der Waals surface area (Å²) in [5.41, 5.74) is 0.446. The molecule has 0 aliphatic carbocycles. The fourth-order valence-electron chi connectivity index (χ4n) is 4.75. The number of aromatic amines is 1. The molecular formula is C17H26N4O3. The molecule has 4 rings (SSSR count). The van der Waals surface area contributed by atoms with Crippen molar-refractivity contribution in [1.29, 1.82) is 0 Å². The van der Waals surface area contributed by atoms with Gasteiger partial charge in [-0.05, 0) is 19.8 Å². The van der Waals surface area contributed by atoms with Crippen LogP contribution in [0.4, 0.5) is 0 Å². The van der Waals surface area contributed by atoms with E-state index in [9.17, 15) is 9.90 Å². The van der Waals surface area contributed by atoms with Crippen molar-refractivity contribution in [3.05, 3.63) is 17.7 Å². The highest BCUT2D eigenvalue weighted by Gasteiger charge is 2.58. The van der Waals surface area contributed by atoms with Gasteiger partial charge < -0.3 is 14.8 Å². The Morgan fingerprint density at radius 3 is 2.83 bits per heavy atom. The molecule has 0 radical (unpaired) electrons. The fourth-order valence-corrected chi connectivity index (χ4v) is 4.75. The molecule has 1 aromatic heterocycles. The summed E-state index contributed by atoms with van der Waals surface area (Å²) in [6.45, 7) is 7.35. The maximum Gasteiger partial charge on any atom is 0.312 e. The van der Waals surface area contributed by atoms with E-state index < -0.39 is 11.4 Å². The Morgan fingerprint density at radius 2 is 2.21 bits per heavy atom. The first kappa shape index (κ1) is 16.1. The number of imidazole rings is 1. The van der Waals surface area contributed by atoms with E-state index in [1.165, 1.54) is 0 Å². The topological polar surface area (TPSA) is 81.7 Å². The quantitative estimate of drug-likeness (QED) is 0.844. The van der Waals surface area contributed by atoms with Gasteiger partial charge in [-0.1, -0.05) is 0 Å². The minimum Gasteiger partial charge on any atom is -0.481 e. The number of rotatable bonds is 4. The number of aliphatic carboxylic acids is 1. The Morgan fingerprint density at radius 1 is 1.42 bits per heavy atom. The molecule has 0 saturated carbocycles. The maximum absolute atomic E-state index is 12.1. The Hall–Kier alpha value is -1.44. The number of hydrogen-bond acceptors (Lipinski definition) is 5. The van der Waals surface area contributed by atoms with Gasteiger partial charge in [-0.2, -0.15) is 0 Å². The zero-order valence-corrected chi connectivity index (χ0v) is 14.2. The van der Waals surface area contributed by atoms with Gasteiger partial charge in [0.15, 0.2) is 0 Å². The van der Waals surface area contributed by atoms with Crippen LogP contribution in [0.15, 0.2) is 6.20 Å². The van der Waals surface area contributed by atoms with E-state index in [1.807, 2.05) is 13.1 Å². The van der Waals surface area contributed by atoms with E-state index in [1.54, 1.807) is 0 Å². The molecule has 0 bridgehead atoms. The second-order valence-corrected chi connectivity index (χ2v) is 7.59. The van der Waals surface area contributed by atoms with Gasteiger partial charge in [0.25, 0.3) is 0 Å². The average Bonchev–Trinajstić information content (AvgIpc) is 3.21. The van der Waals surface area contributed by atoms with Crippen LogP contribution in [-0.4, -0.2) is 76.3 Å². The van der Waals surface area contributed by atoms with Gasteiger partial charge in [-0.25, -0.2) is 4.98 Å². The van der Waals surface area contributed by atoms with Gasteiger partial charge in [0, 0.05) is 69.8 Å². The third kappa shape index (κ3) is 2.74. The van der Waals surface area contributed by atoms with Crippen LogP contribution in [0.3, 0.4) is 0 Å². The molecule has 1 aromatic rings. The van der Waals surface area contributed by atoms with E-state index in [4.69, 9.17) is 4.74 Å². The Bertz CT molecular complexity index is 613. The summed E-state index contributed by atoms with van der Waals surface area (Å²) in [4.78, 5) is 24.3. The Labute approximate surface area is 142 Å². The van der Waals surface area contributed by atoms with Gasteiger partial charge in [-0.15, -0.1) is 0 Å². The largest absolute Gasteiger partial charge is 0.481 e. The lowest BCUT2D eigenvalue weighted by Crippen LogP contribution is -2.44. The molecule has 7 nitrogen and oxygen atoms in total. The van der Waals surface area contributed by atoms with Crippen molar-refractivity contribution in [2.45, 2.75) is 32.4 Å². The molecule has 0 aromatic carbocycles. The number of carboxylic acids is 1. The molecule has 3 aliphatic heterocycles. The van der Waals surface area contributed by atoms with Crippen molar-refractivity contribution in [2.24, 2.45) is 11.3 Å². The van der Waals surface area contributed by atoms with Crippen LogP contribution in [0.1, 0.15) is 24.4 Å².